The molecule has 158 valence electrons. The third-order valence-electron chi connectivity index (χ3n) is 4.62. The second-order valence-electron chi connectivity index (χ2n) is 6.65. The fraction of sp³-hybridized carbons (Fsp3) is 0.174. The van der Waals surface area contributed by atoms with Gasteiger partial charge in [-0.3, -0.25) is 0 Å². The van der Waals surface area contributed by atoms with Crippen LogP contribution in [0.2, 0.25) is 0 Å². The first-order chi connectivity index (χ1) is 15.1. The fourth-order valence-electron chi connectivity index (χ4n) is 3.15. The summed E-state index contributed by atoms with van der Waals surface area (Å²) in [5.74, 6) is 1.59. The molecule has 8 heteroatoms. The molecule has 0 aliphatic heterocycles. The van der Waals surface area contributed by atoms with Crippen LogP contribution < -0.4 is 9.47 Å². The van der Waals surface area contributed by atoms with Crippen molar-refractivity contribution in [3.63, 3.8) is 0 Å². The van der Waals surface area contributed by atoms with Crippen molar-refractivity contribution in [2.75, 3.05) is 13.7 Å². The van der Waals surface area contributed by atoms with E-state index in [2.05, 4.69) is 32.7 Å². The average Bonchev–Trinajstić information content (AvgIpc) is 3.11. The summed E-state index contributed by atoms with van der Waals surface area (Å²) in [5.41, 5.74) is 2.24. The highest BCUT2D eigenvalue weighted by atomic mass is 127. The third kappa shape index (κ3) is 4.63. The number of esters is 1. The normalized spacial score (nSPS) is 10.8. The predicted molar refractivity (Wildman–Crippen MR) is 125 cm³/mol. The van der Waals surface area contributed by atoms with Crippen molar-refractivity contribution in [3.8, 4) is 17.2 Å². The molecule has 2 heterocycles. The van der Waals surface area contributed by atoms with Gasteiger partial charge in [-0.2, -0.15) is 5.10 Å². The van der Waals surface area contributed by atoms with Crippen LogP contribution in [0.15, 0.2) is 60.8 Å². The van der Waals surface area contributed by atoms with Gasteiger partial charge in [0.1, 0.15) is 20.9 Å². The zero-order valence-electron chi connectivity index (χ0n) is 17.0. The van der Waals surface area contributed by atoms with E-state index in [9.17, 15) is 4.79 Å². The van der Waals surface area contributed by atoms with Gasteiger partial charge in [-0.1, -0.05) is 18.2 Å². The molecule has 0 unspecified atom stereocenters. The van der Waals surface area contributed by atoms with E-state index in [1.165, 1.54) is 0 Å². The molecule has 0 aliphatic carbocycles. The van der Waals surface area contributed by atoms with Gasteiger partial charge in [-0.15, -0.1) is 0 Å². The van der Waals surface area contributed by atoms with Gasteiger partial charge in [0.25, 0.3) is 0 Å². The summed E-state index contributed by atoms with van der Waals surface area (Å²) < 4.78 is 19.0. The van der Waals surface area contributed by atoms with E-state index in [0.29, 0.717) is 30.2 Å². The monoisotopic (exact) mass is 529 g/mol. The Morgan fingerprint density at radius 3 is 2.65 bits per heavy atom. The van der Waals surface area contributed by atoms with Crippen LogP contribution in [0.4, 0.5) is 0 Å². The lowest BCUT2D eigenvalue weighted by Gasteiger charge is -2.09. The Kier molecular flexibility index (Phi) is 6.36. The van der Waals surface area contributed by atoms with Gasteiger partial charge in [0.05, 0.1) is 31.2 Å². The Morgan fingerprint density at radius 2 is 1.90 bits per heavy atom. The van der Waals surface area contributed by atoms with Gasteiger partial charge in [-0.05, 0) is 65.4 Å². The highest BCUT2D eigenvalue weighted by Crippen LogP contribution is 2.32. The molecule has 2 aromatic carbocycles. The molecule has 0 saturated heterocycles. The zero-order valence-corrected chi connectivity index (χ0v) is 19.2. The molecule has 7 nitrogen and oxygen atoms in total. The van der Waals surface area contributed by atoms with Crippen molar-refractivity contribution in [1.29, 1.82) is 0 Å². The van der Waals surface area contributed by atoms with Crippen LogP contribution in [-0.2, 0) is 11.3 Å². The second kappa shape index (κ2) is 9.34. The number of carbonyl (C=O) groups is 1. The largest absolute Gasteiger partial charge is 0.497 e. The highest BCUT2D eigenvalue weighted by molar-refractivity contribution is 14.1. The third-order valence-corrected chi connectivity index (χ3v) is 5.37. The SMILES string of the molecule is CCOC(=O)c1cccc(Oc2ccnc3c2c(I)nn3Cc2ccc(OC)cc2)c1. The lowest BCUT2D eigenvalue weighted by molar-refractivity contribution is 0.0526. The Morgan fingerprint density at radius 1 is 1.10 bits per heavy atom. The van der Waals surface area contributed by atoms with Crippen molar-refractivity contribution < 1.29 is 19.0 Å². The first-order valence-electron chi connectivity index (χ1n) is 9.68. The molecule has 0 N–H and O–H groups in total. The lowest BCUT2D eigenvalue weighted by Crippen LogP contribution is -2.04. The van der Waals surface area contributed by atoms with E-state index in [1.807, 2.05) is 28.9 Å². The summed E-state index contributed by atoms with van der Waals surface area (Å²) in [5, 5.41) is 5.47. The van der Waals surface area contributed by atoms with Gasteiger partial charge in [0, 0.05) is 12.3 Å². The molecule has 0 spiro atoms. The maximum absolute atomic E-state index is 12.0. The summed E-state index contributed by atoms with van der Waals surface area (Å²) >= 11 is 2.18. The standard InChI is InChI=1S/C23H20IN3O4/c1-3-30-23(28)16-5-4-6-18(13-16)31-19-11-12-25-22-20(19)21(24)26-27(22)14-15-7-9-17(29-2)10-8-15/h4-13H,3,14H2,1-2H3. The fourth-order valence-corrected chi connectivity index (χ4v) is 3.92. The number of aromatic nitrogens is 3. The molecule has 0 radical (unpaired) electrons. The number of hydrogen-bond acceptors (Lipinski definition) is 6. The first-order valence-corrected chi connectivity index (χ1v) is 10.8. The minimum atomic E-state index is -0.380. The minimum Gasteiger partial charge on any atom is -0.497 e. The lowest BCUT2D eigenvalue weighted by atomic mass is 10.2. The molecule has 4 aromatic rings. The van der Waals surface area contributed by atoms with Crippen molar-refractivity contribution in [1.82, 2.24) is 14.8 Å². The van der Waals surface area contributed by atoms with Crippen LogP contribution in [0, 0.1) is 3.70 Å². The summed E-state index contributed by atoms with van der Waals surface area (Å²) in [6.07, 6.45) is 1.69. The zero-order chi connectivity index (χ0) is 21.8. The maximum atomic E-state index is 12.0. The molecule has 0 aliphatic rings. The van der Waals surface area contributed by atoms with Gasteiger partial charge in [0.15, 0.2) is 5.65 Å². The Labute approximate surface area is 193 Å². The van der Waals surface area contributed by atoms with Crippen molar-refractivity contribution in [2.24, 2.45) is 0 Å². The number of nitrogens with zero attached hydrogens (tertiary/aromatic N) is 3. The number of ether oxygens (including phenoxy) is 3. The first kappa shape index (κ1) is 21.1. The van der Waals surface area contributed by atoms with Crippen LogP contribution in [-0.4, -0.2) is 34.5 Å². The molecular formula is C23H20IN3O4. The minimum absolute atomic E-state index is 0.320. The number of hydrogen-bond donors (Lipinski definition) is 0. The highest BCUT2D eigenvalue weighted by Gasteiger charge is 2.16. The van der Waals surface area contributed by atoms with E-state index < -0.39 is 0 Å². The van der Waals surface area contributed by atoms with Gasteiger partial charge >= 0.3 is 5.97 Å². The number of pyridine rings is 1. The average molecular weight is 529 g/mol. The van der Waals surface area contributed by atoms with Crippen LogP contribution in [0.25, 0.3) is 11.0 Å². The van der Waals surface area contributed by atoms with Crippen LogP contribution in [0.1, 0.15) is 22.8 Å². The smallest absolute Gasteiger partial charge is 0.338 e. The Hall–Kier alpha value is -3.14. The molecule has 4 rings (SSSR count). The van der Waals surface area contributed by atoms with E-state index in [4.69, 9.17) is 14.2 Å². The summed E-state index contributed by atoms with van der Waals surface area (Å²) in [6, 6.07) is 16.6. The van der Waals surface area contributed by atoms with Gasteiger partial charge < -0.3 is 14.2 Å². The van der Waals surface area contributed by atoms with E-state index in [-0.39, 0.29) is 5.97 Å². The number of halogens is 1. The quantitative estimate of drug-likeness (QED) is 0.246. The maximum Gasteiger partial charge on any atom is 0.338 e. The number of carbonyl (C=O) groups excluding carboxylic acids is 1. The Balaban J connectivity index is 1.64. The number of fused-ring (bicyclic) bond motifs is 1. The van der Waals surface area contributed by atoms with Gasteiger partial charge in [-0.25, -0.2) is 14.5 Å². The summed E-state index contributed by atoms with van der Waals surface area (Å²) in [4.78, 5) is 16.5. The van der Waals surface area contributed by atoms with Gasteiger partial charge in [0.2, 0.25) is 0 Å². The van der Waals surface area contributed by atoms with Crippen LogP contribution in [0.5, 0.6) is 17.2 Å². The second-order valence-corrected chi connectivity index (χ2v) is 7.68. The van der Waals surface area contributed by atoms with Crippen LogP contribution in [0.3, 0.4) is 0 Å². The number of benzene rings is 2. The van der Waals surface area contributed by atoms with E-state index in [0.717, 1.165) is 26.0 Å². The molecule has 0 bridgehead atoms. The van der Waals surface area contributed by atoms with Crippen molar-refractivity contribution in [3.05, 3.63) is 75.6 Å². The molecule has 2 aromatic heterocycles. The molecule has 0 saturated carbocycles. The number of methoxy groups -OCH3 is 1. The Bertz CT molecular complexity index is 1220. The molecular weight excluding hydrogens is 509 g/mol. The van der Waals surface area contributed by atoms with E-state index >= 15 is 0 Å². The molecule has 0 atom stereocenters. The number of rotatable bonds is 7. The predicted octanol–water partition coefficient (Wildman–Crippen LogP) is 5.06. The topological polar surface area (TPSA) is 75.5 Å². The summed E-state index contributed by atoms with van der Waals surface area (Å²) in [7, 11) is 1.65. The molecule has 31 heavy (non-hydrogen) atoms. The van der Waals surface area contributed by atoms with E-state index in [1.54, 1.807) is 50.6 Å². The van der Waals surface area contributed by atoms with Crippen LogP contribution >= 0.6 is 22.6 Å². The van der Waals surface area contributed by atoms with Crippen molar-refractivity contribution in [2.45, 2.75) is 13.5 Å². The summed E-state index contributed by atoms with van der Waals surface area (Å²) in [6.45, 7) is 2.66. The molecule has 0 fully saturated rings. The molecule has 0 amide bonds. The van der Waals surface area contributed by atoms with Crippen molar-refractivity contribution >= 4 is 39.6 Å².